The quantitative estimate of drug-likeness (QED) is 0.453. The third-order valence-electron chi connectivity index (χ3n) is 5.51. The van der Waals surface area contributed by atoms with Crippen LogP contribution in [-0.4, -0.2) is 24.0 Å². The molecule has 1 atom stereocenters. The summed E-state index contributed by atoms with van der Waals surface area (Å²) in [6.45, 7) is 9.20. The lowest BCUT2D eigenvalue weighted by Gasteiger charge is -2.39. The molecule has 2 nitrogen and oxygen atoms in total. The lowest BCUT2D eigenvalue weighted by atomic mass is 9.76. The lowest BCUT2D eigenvalue weighted by molar-refractivity contribution is 0.193. The number of allylic oxidation sites excluding steroid dienone is 3. The molecular weight excluding hydrogens is 280 g/mol. The summed E-state index contributed by atoms with van der Waals surface area (Å²) in [6.07, 6.45) is 18.2. The Hall–Kier alpha value is -1.18. The maximum Gasteiger partial charge on any atom is 0.0410 e. The van der Waals surface area contributed by atoms with Crippen molar-refractivity contribution in [3.63, 3.8) is 0 Å². The summed E-state index contributed by atoms with van der Waals surface area (Å²) >= 11 is 0. The monoisotopic (exact) mass is 316 g/mol. The van der Waals surface area contributed by atoms with Crippen LogP contribution in [0.15, 0.2) is 35.7 Å². The SMILES string of the molecule is C/C=C\C(=C/NC1CC1)C(C)(C)C1CC=C(CCCCC)N1C. The highest BCUT2D eigenvalue weighted by Gasteiger charge is 2.38. The van der Waals surface area contributed by atoms with Gasteiger partial charge in [0.05, 0.1) is 0 Å². The van der Waals surface area contributed by atoms with E-state index in [-0.39, 0.29) is 5.41 Å². The molecule has 23 heavy (non-hydrogen) atoms. The molecule has 2 heteroatoms. The van der Waals surface area contributed by atoms with Crippen molar-refractivity contribution in [2.75, 3.05) is 7.05 Å². The van der Waals surface area contributed by atoms with E-state index in [1.807, 2.05) is 0 Å². The molecule has 0 bridgehead atoms. The standard InChI is InChI=1S/C21H36N2/c1-6-8-9-11-19-14-15-20(23(19)5)21(3,4)17(10-7-2)16-22-18-12-13-18/h7,10,14,16,18,20,22H,6,8-9,11-13,15H2,1-5H3/b10-7-,17-16+. The lowest BCUT2D eigenvalue weighted by Crippen LogP contribution is -2.40. The molecule has 1 heterocycles. The number of hydrogen-bond acceptors (Lipinski definition) is 2. The second-order valence-electron chi connectivity index (χ2n) is 7.78. The molecule has 1 unspecified atom stereocenters. The largest absolute Gasteiger partial charge is 0.388 e. The predicted molar refractivity (Wildman–Crippen MR) is 101 cm³/mol. The first kappa shape index (κ1) is 18.2. The van der Waals surface area contributed by atoms with Crippen molar-refractivity contribution in [3.05, 3.63) is 35.7 Å². The molecule has 1 aliphatic heterocycles. The number of unbranched alkanes of at least 4 members (excludes halogenated alkanes) is 2. The Morgan fingerprint density at radius 1 is 1.35 bits per heavy atom. The molecule has 2 rings (SSSR count). The van der Waals surface area contributed by atoms with Gasteiger partial charge in [-0.15, -0.1) is 0 Å². The minimum absolute atomic E-state index is 0.145. The molecule has 0 aromatic carbocycles. The maximum atomic E-state index is 3.59. The summed E-state index contributed by atoms with van der Waals surface area (Å²) in [6, 6.07) is 1.28. The predicted octanol–water partition coefficient (Wildman–Crippen LogP) is 5.39. The average Bonchev–Trinajstić information content (AvgIpc) is 3.27. The van der Waals surface area contributed by atoms with Crippen LogP contribution in [0.1, 0.15) is 72.6 Å². The average molecular weight is 317 g/mol. The summed E-state index contributed by atoms with van der Waals surface area (Å²) in [5.41, 5.74) is 3.12. The smallest absolute Gasteiger partial charge is 0.0410 e. The number of hydrogen-bond donors (Lipinski definition) is 1. The number of rotatable bonds is 9. The highest BCUT2D eigenvalue weighted by molar-refractivity contribution is 5.30. The van der Waals surface area contributed by atoms with Crippen molar-refractivity contribution in [1.29, 1.82) is 0 Å². The highest BCUT2D eigenvalue weighted by atomic mass is 15.2. The molecule has 0 spiro atoms. The van der Waals surface area contributed by atoms with Crippen LogP contribution in [0, 0.1) is 5.41 Å². The molecular formula is C21H36N2. The van der Waals surface area contributed by atoms with Crippen molar-refractivity contribution < 1.29 is 0 Å². The Balaban J connectivity index is 2.04. The van der Waals surface area contributed by atoms with E-state index in [0.29, 0.717) is 6.04 Å². The van der Waals surface area contributed by atoms with Gasteiger partial charge in [0.15, 0.2) is 0 Å². The van der Waals surface area contributed by atoms with Crippen molar-refractivity contribution in [2.24, 2.45) is 5.41 Å². The Kier molecular flexibility index (Phi) is 6.38. The van der Waals surface area contributed by atoms with Crippen molar-refractivity contribution in [2.45, 2.75) is 84.7 Å². The van der Waals surface area contributed by atoms with E-state index >= 15 is 0 Å². The molecule has 1 N–H and O–H groups in total. The van der Waals surface area contributed by atoms with E-state index in [9.17, 15) is 0 Å². The van der Waals surface area contributed by atoms with Gasteiger partial charge < -0.3 is 10.2 Å². The zero-order valence-corrected chi connectivity index (χ0v) is 15.9. The third kappa shape index (κ3) is 4.65. The molecule has 130 valence electrons. The van der Waals surface area contributed by atoms with Gasteiger partial charge in [0.2, 0.25) is 0 Å². The molecule has 0 radical (unpaired) electrons. The first-order chi connectivity index (χ1) is 11.0. The molecule has 0 aromatic rings. The molecule has 1 aliphatic carbocycles. The van der Waals surface area contributed by atoms with Crippen molar-refractivity contribution >= 4 is 0 Å². The minimum Gasteiger partial charge on any atom is -0.388 e. The Morgan fingerprint density at radius 2 is 2.09 bits per heavy atom. The van der Waals surface area contributed by atoms with Crippen LogP contribution in [-0.2, 0) is 0 Å². The van der Waals surface area contributed by atoms with Crippen LogP contribution in [0.4, 0.5) is 0 Å². The summed E-state index contributed by atoms with van der Waals surface area (Å²) in [5, 5.41) is 3.59. The first-order valence-electron chi connectivity index (χ1n) is 9.52. The van der Waals surface area contributed by atoms with Gasteiger partial charge in [-0.1, -0.05) is 51.8 Å². The van der Waals surface area contributed by atoms with Crippen LogP contribution in [0.25, 0.3) is 0 Å². The Labute approximate surface area is 143 Å². The maximum absolute atomic E-state index is 3.59. The second kappa shape index (κ2) is 8.08. The highest BCUT2D eigenvalue weighted by Crippen LogP contribution is 2.41. The van der Waals surface area contributed by atoms with E-state index in [1.54, 1.807) is 5.70 Å². The summed E-state index contributed by atoms with van der Waals surface area (Å²) in [4.78, 5) is 2.55. The van der Waals surface area contributed by atoms with Gasteiger partial charge >= 0.3 is 0 Å². The van der Waals surface area contributed by atoms with Crippen LogP contribution < -0.4 is 5.32 Å². The fourth-order valence-electron chi connectivity index (χ4n) is 3.64. The summed E-state index contributed by atoms with van der Waals surface area (Å²) in [7, 11) is 2.29. The molecule has 1 saturated carbocycles. The Morgan fingerprint density at radius 3 is 2.70 bits per heavy atom. The van der Waals surface area contributed by atoms with Gasteiger partial charge in [-0.05, 0) is 44.6 Å². The molecule has 2 aliphatic rings. The van der Waals surface area contributed by atoms with Crippen molar-refractivity contribution in [3.8, 4) is 0 Å². The first-order valence-corrected chi connectivity index (χ1v) is 9.52. The summed E-state index contributed by atoms with van der Waals surface area (Å²) < 4.78 is 0. The van der Waals surface area contributed by atoms with Gasteiger partial charge in [0.25, 0.3) is 0 Å². The molecule has 1 fully saturated rings. The van der Waals surface area contributed by atoms with E-state index in [4.69, 9.17) is 0 Å². The van der Waals surface area contributed by atoms with Crippen LogP contribution >= 0.6 is 0 Å². The fourth-order valence-corrected chi connectivity index (χ4v) is 3.64. The van der Waals surface area contributed by atoms with E-state index < -0.39 is 0 Å². The summed E-state index contributed by atoms with van der Waals surface area (Å²) in [5.74, 6) is 0. The topological polar surface area (TPSA) is 15.3 Å². The van der Waals surface area contributed by atoms with Crippen molar-refractivity contribution in [1.82, 2.24) is 10.2 Å². The van der Waals surface area contributed by atoms with Crippen LogP contribution in [0.2, 0.25) is 0 Å². The molecule has 0 saturated heterocycles. The molecule has 0 amide bonds. The number of nitrogens with zero attached hydrogens (tertiary/aromatic N) is 1. The number of nitrogens with one attached hydrogen (secondary N) is 1. The van der Waals surface area contributed by atoms with Crippen LogP contribution in [0.3, 0.4) is 0 Å². The Bertz CT molecular complexity index is 466. The van der Waals surface area contributed by atoms with E-state index in [2.05, 4.69) is 69.4 Å². The van der Waals surface area contributed by atoms with E-state index in [0.717, 1.165) is 6.04 Å². The zero-order valence-electron chi connectivity index (χ0n) is 15.9. The normalized spacial score (nSPS) is 22.8. The van der Waals surface area contributed by atoms with Gasteiger partial charge in [0.1, 0.15) is 0 Å². The van der Waals surface area contributed by atoms with Gasteiger partial charge in [-0.3, -0.25) is 0 Å². The molecule has 0 aromatic heterocycles. The van der Waals surface area contributed by atoms with E-state index in [1.165, 1.54) is 50.5 Å². The third-order valence-corrected chi connectivity index (χ3v) is 5.51. The van der Waals surface area contributed by atoms with Gasteiger partial charge in [-0.2, -0.15) is 0 Å². The minimum atomic E-state index is 0.145. The second-order valence-corrected chi connectivity index (χ2v) is 7.78. The van der Waals surface area contributed by atoms with Gasteiger partial charge in [-0.25, -0.2) is 0 Å². The van der Waals surface area contributed by atoms with Crippen LogP contribution in [0.5, 0.6) is 0 Å². The van der Waals surface area contributed by atoms with Gasteiger partial charge in [0, 0.05) is 36.4 Å². The fraction of sp³-hybridized carbons (Fsp3) is 0.714. The zero-order chi connectivity index (χ0) is 16.9.